The molecule has 0 amide bonds. The molecule has 0 aromatic carbocycles. The maximum atomic E-state index is 8.92. The molecule has 0 unspecified atom stereocenters. The number of hydrogen-bond donors (Lipinski definition) is 2. The number of hydrogen-bond acceptors (Lipinski definition) is 6. The Bertz CT molecular complexity index is 172. The molecule has 7 heteroatoms. The highest BCUT2D eigenvalue weighted by Gasteiger charge is 2.25. The monoisotopic (exact) mass is 277 g/mol. The van der Waals surface area contributed by atoms with Crippen molar-refractivity contribution < 1.29 is 24.3 Å². The summed E-state index contributed by atoms with van der Waals surface area (Å²) in [7, 11) is -0.767. The minimum atomic E-state index is -0.767. The van der Waals surface area contributed by atoms with Crippen molar-refractivity contribution in [3.05, 3.63) is 0 Å². The molecule has 0 atom stereocenters. The van der Waals surface area contributed by atoms with Gasteiger partial charge in [-0.05, 0) is 12.8 Å². The highest BCUT2D eigenvalue weighted by Crippen LogP contribution is 2.02. The van der Waals surface area contributed by atoms with Crippen LogP contribution >= 0.6 is 0 Å². The van der Waals surface area contributed by atoms with Gasteiger partial charge in [0.05, 0.1) is 13.2 Å². The molecule has 0 aromatic rings. The Labute approximate surface area is 116 Å². The first-order valence-electron chi connectivity index (χ1n) is 7.15. The number of unbranched alkanes of at least 4 members (excludes halogenated alkanes) is 2. The third-order valence-electron chi connectivity index (χ3n) is 2.44. The average Bonchev–Trinajstić information content (AvgIpc) is 2.39. The van der Waals surface area contributed by atoms with Crippen LogP contribution in [-0.2, 0) is 14.1 Å². The van der Waals surface area contributed by atoms with Crippen LogP contribution in [0.1, 0.15) is 39.5 Å². The molecule has 0 radical (unpaired) electrons. The Morgan fingerprint density at radius 2 is 1.37 bits per heavy atom. The largest absolute Gasteiger partial charge is 0.657 e. The van der Waals surface area contributed by atoms with E-state index in [1.807, 2.05) is 0 Å². The molecule has 0 rings (SSSR count). The lowest BCUT2D eigenvalue weighted by atomic mass is 10.2. The summed E-state index contributed by atoms with van der Waals surface area (Å²) in [5.41, 5.74) is 0. The lowest BCUT2D eigenvalue weighted by molar-refractivity contribution is -0.121. The van der Waals surface area contributed by atoms with Crippen molar-refractivity contribution in [2.75, 3.05) is 39.5 Å². The highest BCUT2D eigenvalue weighted by molar-refractivity contribution is 6.36. The third-order valence-corrected chi connectivity index (χ3v) is 2.44. The van der Waals surface area contributed by atoms with Crippen LogP contribution < -0.4 is 0 Å². The molecule has 0 saturated heterocycles. The fraction of sp³-hybridized carbons (Fsp3) is 1.00. The molecule has 114 valence electrons. The zero-order chi connectivity index (χ0) is 14.3. The van der Waals surface area contributed by atoms with E-state index in [9.17, 15) is 0 Å². The Balaban J connectivity index is 4.09. The second kappa shape index (κ2) is 14.2. The van der Waals surface area contributed by atoms with Crippen molar-refractivity contribution in [1.29, 1.82) is 0 Å². The quantitative estimate of drug-likeness (QED) is 0.278. The van der Waals surface area contributed by atoms with Crippen LogP contribution in [0.3, 0.4) is 0 Å². The van der Waals surface area contributed by atoms with Gasteiger partial charge in [-0.2, -0.15) is 5.06 Å². The van der Waals surface area contributed by atoms with Gasteiger partial charge in [-0.3, -0.25) is 4.76 Å². The molecule has 0 saturated carbocycles. The van der Waals surface area contributed by atoms with Gasteiger partial charge < -0.3 is 19.5 Å². The Hall–Kier alpha value is -0.175. The number of hydroxylamine groups is 2. The van der Waals surface area contributed by atoms with Crippen molar-refractivity contribution in [3.63, 3.8) is 0 Å². The van der Waals surface area contributed by atoms with E-state index in [-0.39, 0.29) is 13.2 Å². The van der Waals surface area contributed by atoms with Gasteiger partial charge in [0.25, 0.3) is 0 Å². The molecule has 0 aliphatic carbocycles. The molecule has 0 heterocycles. The predicted octanol–water partition coefficient (Wildman–Crippen LogP) is 0.823. The molecule has 0 spiro atoms. The first kappa shape index (κ1) is 18.8. The molecular formula is C12H28BNO5. The van der Waals surface area contributed by atoms with Crippen LogP contribution in [0.25, 0.3) is 0 Å². The first-order chi connectivity index (χ1) is 9.28. The minimum Gasteiger partial charge on any atom is -0.395 e. The summed E-state index contributed by atoms with van der Waals surface area (Å²) in [6, 6.07) is 0. The summed E-state index contributed by atoms with van der Waals surface area (Å²) in [5.74, 6) is 0. The lowest BCUT2D eigenvalue weighted by Crippen LogP contribution is -2.40. The van der Waals surface area contributed by atoms with Crippen LogP contribution in [-0.4, -0.2) is 62.1 Å². The van der Waals surface area contributed by atoms with Crippen LogP contribution in [0.2, 0.25) is 0 Å². The molecule has 0 aliphatic rings. The van der Waals surface area contributed by atoms with E-state index in [0.717, 1.165) is 25.7 Å². The maximum Gasteiger partial charge on any atom is 0.657 e. The van der Waals surface area contributed by atoms with E-state index >= 15 is 0 Å². The van der Waals surface area contributed by atoms with Crippen molar-refractivity contribution in [2.45, 2.75) is 39.5 Å². The van der Waals surface area contributed by atoms with E-state index < -0.39 is 7.32 Å². The van der Waals surface area contributed by atoms with Crippen LogP contribution in [0.4, 0.5) is 0 Å². The topological polar surface area (TPSA) is 71.4 Å². The Kier molecular flexibility index (Phi) is 14.1. The van der Waals surface area contributed by atoms with Crippen LogP contribution in [0.5, 0.6) is 0 Å². The van der Waals surface area contributed by atoms with Crippen molar-refractivity contribution in [1.82, 2.24) is 5.06 Å². The van der Waals surface area contributed by atoms with Crippen LogP contribution in [0.15, 0.2) is 0 Å². The van der Waals surface area contributed by atoms with Crippen molar-refractivity contribution >= 4 is 7.32 Å². The maximum absolute atomic E-state index is 8.92. The highest BCUT2D eigenvalue weighted by atomic mass is 16.8. The fourth-order valence-electron chi connectivity index (χ4n) is 1.32. The molecule has 19 heavy (non-hydrogen) atoms. The summed E-state index contributed by atoms with van der Waals surface area (Å²) < 4.78 is 16.5. The first-order valence-corrected chi connectivity index (χ1v) is 7.15. The van der Waals surface area contributed by atoms with Gasteiger partial charge in [-0.15, -0.1) is 0 Å². The van der Waals surface area contributed by atoms with Gasteiger partial charge in [0.15, 0.2) is 0 Å². The number of aliphatic hydroxyl groups excluding tert-OH is 2. The Morgan fingerprint density at radius 1 is 0.895 bits per heavy atom. The summed E-state index contributed by atoms with van der Waals surface area (Å²) >= 11 is 0. The van der Waals surface area contributed by atoms with Crippen molar-refractivity contribution in [2.24, 2.45) is 0 Å². The second-order valence-corrected chi connectivity index (χ2v) is 4.22. The van der Waals surface area contributed by atoms with Gasteiger partial charge in [0.1, 0.15) is 0 Å². The van der Waals surface area contributed by atoms with E-state index in [1.54, 1.807) is 0 Å². The summed E-state index contributed by atoms with van der Waals surface area (Å²) in [6.45, 7) is 5.84. The molecule has 0 aromatic heterocycles. The van der Waals surface area contributed by atoms with Gasteiger partial charge in [0, 0.05) is 26.3 Å². The summed E-state index contributed by atoms with van der Waals surface area (Å²) in [4.78, 5) is 0. The standard InChI is InChI=1S/C12H28BNO5/c1-3-5-11-17-13(18-12-6-4-2)19-14(7-9-15)8-10-16/h15-16H,3-12H2,1-2H3. The predicted molar refractivity (Wildman–Crippen MR) is 74.3 cm³/mol. The third kappa shape index (κ3) is 11.4. The van der Waals surface area contributed by atoms with Crippen LogP contribution in [0, 0.1) is 0 Å². The number of nitrogens with zero attached hydrogens (tertiary/aromatic N) is 1. The summed E-state index contributed by atoms with van der Waals surface area (Å²) in [6.07, 6.45) is 3.96. The van der Waals surface area contributed by atoms with Crippen molar-refractivity contribution in [3.8, 4) is 0 Å². The van der Waals surface area contributed by atoms with Gasteiger partial charge in [-0.1, -0.05) is 26.7 Å². The summed E-state index contributed by atoms with van der Waals surface area (Å²) in [5, 5.41) is 19.3. The molecular weight excluding hydrogens is 249 g/mol. The SMILES string of the molecule is CCCCOB(OCCCC)ON(CCO)CCO. The minimum absolute atomic E-state index is 0.0450. The molecule has 2 N–H and O–H groups in total. The molecule has 0 bridgehead atoms. The normalized spacial score (nSPS) is 11.2. The molecule has 0 aliphatic heterocycles. The number of aliphatic hydroxyl groups is 2. The average molecular weight is 277 g/mol. The smallest absolute Gasteiger partial charge is 0.395 e. The van der Waals surface area contributed by atoms with E-state index in [4.69, 9.17) is 24.3 Å². The molecule has 0 fully saturated rings. The fourth-order valence-corrected chi connectivity index (χ4v) is 1.32. The van der Waals surface area contributed by atoms with Gasteiger partial charge >= 0.3 is 7.32 Å². The van der Waals surface area contributed by atoms with E-state index in [2.05, 4.69) is 13.8 Å². The zero-order valence-corrected chi connectivity index (χ0v) is 12.2. The Morgan fingerprint density at radius 3 is 1.74 bits per heavy atom. The zero-order valence-electron chi connectivity index (χ0n) is 12.2. The lowest BCUT2D eigenvalue weighted by Gasteiger charge is -2.23. The van der Waals surface area contributed by atoms with E-state index in [0.29, 0.717) is 26.3 Å². The van der Waals surface area contributed by atoms with Gasteiger partial charge in [0.2, 0.25) is 0 Å². The van der Waals surface area contributed by atoms with Gasteiger partial charge in [-0.25, -0.2) is 0 Å². The van der Waals surface area contributed by atoms with E-state index in [1.165, 1.54) is 5.06 Å². The number of rotatable bonds is 14. The molecule has 6 nitrogen and oxygen atoms in total. The second-order valence-electron chi connectivity index (χ2n) is 4.22.